The highest BCUT2D eigenvalue weighted by Crippen LogP contribution is 2.09. The molecule has 3 heteroatoms. The highest BCUT2D eigenvalue weighted by molar-refractivity contribution is 5.69. The van der Waals surface area contributed by atoms with Gasteiger partial charge in [-0.2, -0.15) is 0 Å². The number of aliphatic hydroxyl groups excluding tert-OH is 1. The largest absolute Gasteiger partial charge is 0.460 e. The van der Waals surface area contributed by atoms with Gasteiger partial charge in [-0.25, -0.2) is 0 Å². The molecule has 1 N–H and O–H groups in total. The molecule has 0 saturated heterocycles. The van der Waals surface area contributed by atoms with Gasteiger partial charge in [-0.3, -0.25) is 4.79 Å². The van der Waals surface area contributed by atoms with Crippen LogP contribution in [-0.4, -0.2) is 23.3 Å². The fourth-order valence-electron chi connectivity index (χ4n) is 1.59. The molecule has 0 aromatic rings. The fourth-order valence-corrected chi connectivity index (χ4v) is 1.59. The van der Waals surface area contributed by atoms with Crippen LogP contribution in [0.3, 0.4) is 0 Å². The zero-order valence-corrected chi connectivity index (χ0v) is 11.6. The van der Waals surface area contributed by atoms with Crippen LogP contribution in [0.1, 0.15) is 72.1 Å². The smallest absolute Gasteiger partial charge is 0.306 e. The van der Waals surface area contributed by atoms with Crippen LogP contribution in [0.2, 0.25) is 0 Å². The molecule has 2 unspecified atom stereocenters. The third-order valence-electron chi connectivity index (χ3n) is 2.98. The SMILES string of the molecule is CCCCCCCCCC(=O)OC(C)C(C)O. The van der Waals surface area contributed by atoms with E-state index in [4.69, 9.17) is 4.74 Å². The maximum atomic E-state index is 11.4. The zero-order chi connectivity index (χ0) is 13.1. The predicted molar refractivity (Wildman–Crippen MR) is 69.8 cm³/mol. The van der Waals surface area contributed by atoms with Crippen molar-refractivity contribution in [3.05, 3.63) is 0 Å². The van der Waals surface area contributed by atoms with Crippen molar-refractivity contribution in [3.8, 4) is 0 Å². The fraction of sp³-hybridized carbons (Fsp3) is 0.929. The van der Waals surface area contributed by atoms with Gasteiger partial charge in [0.2, 0.25) is 0 Å². The van der Waals surface area contributed by atoms with E-state index in [9.17, 15) is 9.90 Å². The molecule has 0 aromatic heterocycles. The summed E-state index contributed by atoms with van der Waals surface area (Å²) < 4.78 is 5.07. The number of carbonyl (C=O) groups excluding carboxylic acids is 1. The van der Waals surface area contributed by atoms with Gasteiger partial charge in [-0.05, 0) is 20.3 Å². The van der Waals surface area contributed by atoms with E-state index < -0.39 is 12.2 Å². The van der Waals surface area contributed by atoms with Gasteiger partial charge in [0.05, 0.1) is 6.10 Å². The van der Waals surface area contributed by atoms with Crippen molar-refractivity contribution >= 4 is 5.97 Å². The average Bonchev–Trinajstić information content (AvgIpc) is 2.27. The Balaban J connectivity index is 3.33. The van der Waals surface area contributed by atoms with E-state index in [1.165, 1.54) is 32.1 Å². The van der Waals surface area contributed by atoms with Gasteiger partial charge in [-0.1, -0.05) is 45.4 Å². The number of unbranched alkanes of at least 4 members (excludes halogenated alkanes) is 6. The van der Waals surface area contributed by atoms with Crippen LogP contribution in [-0.2, 0) is 9.53 Å². The van der Waals surface area contributed by atoms with Gasteiger partial charge in [0.15, 0.2) is 0 Å². The van der Waals surface area contributed by atoms with Crippen LogP contribution in [0, 0.1) is 0 Å². The molecule has 0 rings (SSSR count). The summed E-state index contributed by atoms with van der Waals surface area (Å²) in [6.45, 7) is 5.55. The van der Waals surface area contributed by atoms with Gasteiger partial charge in [0.25, 0.3) is 0 Å². The molecular formula is C14H28O3. The van der Waals surface area contributed by atoms with Crippen LogP contribution in [0.5, 0.6) is 0 Å². The van der Waals surface area contributed by atoms with Crippen LogP contribution < -0.4 is 0 Å². The Labute approximate surface area is 106 Å². The standard InChI is InChI=1S/C14H28O3/c1-4-5-6-7-8-9-10-11-14(16)17-13(3)12(2)15/h12-13,15H,4-11H2,1-3H3. The second kappa shape index (κ2) is 10.6. The molecule has 102 valence electrons. The second-order valence-corrected chi connectivity index (χ2v) is 4.81. The molecule has 0 heterocycles. The van der Waals surface area contributed by atoms with Gasteiger partial charge >= 0.3 is 5.97 Å². The number of esters is 1. The van der Waals surface area contributed by atoms with Crippen molar-refractivity contribution in [2.45, 2.75) is 84.3 Å². The summed E-state index contributed by atoms with van der Waals surface area (Å²) in [5, 5.41) is 9.18. The Bertz CT molecular complexity index is 190. The molecule has 2 atom stereocenters. The summed E-state index contributed by atoms with van der Waals surface area (Å²) in [4.78, 5) is 11.4. The topological polar surface area (TPSA) is 46.5 Å². The molecule has 0 saturated carbocycles. The summed E-state index contributed by atoms with van der Waals surface area (Å²) in [7, 11) is 0. The Hall–Kier alpha value is -0.570. The van der Waals surface area contributed by atoms with E-state index >= 15 is 0 Å². The number of aliphatic hydroxyl groups is 1. The van der Waals surface area contributed by atoms with Gasteiger partial charge in [0, 0.05) is 6.42 Å². The van der Waals surface area contributed by atoms with Crippen LogP contribution >= 0.6 is 0 Å². The van der Waals surface area contributed by atoms with Crippen molar-refractivity contribution in [1.29, 1.82) is 0 Å². The molecule has 0 aromatic carbocycles. The highest BCUT2D eigenvalue weighted by Gasteiger charge is 2.13. The Morgan fingerprint density at radius 2 is 1.59 bits per heavy atom. The first-order valence-electron chi connectivity index (χ1n) is 6.95. The van der Waals surface area contributed by atoms with Crippen molar-refractivity contribution in [1.82, 2.24) is 0 Å². The van der Waals surface area contributed by atoms with Crippen molar-refractivity contribution < 1.29 is 14.6 Å². The first kappa shape index (κ1) is 16.4. The molecule has 0 radical (unpaired) electrons. The lowest BCUT2D eigenvalue weighted by atomic mass is 10.1. The van der Waals surface area contributed by atoms with Crippen LogP contribution in [0.4, 0.5) is 0 Å². The quantitative estimate of drug-likeness (QED) is 0.473. The predicted octanol–water partition coefficient (Wildman–Crippen LogP) is 3.44. The average molecular weight is 244 g/mol. The van der Waals surface area contributed by atoms with E-state index in [-0.39, 0.29) is 5.97 Å². The van der Waals surface area contributed by atoms with E-state index in [2.05, 4.69) is 6.92 Å². The highest BCUT2D eigenvalue weighted by atomic mass is 16.6. The maximum Gasteiger partial charge on any atom is 0.306 e. The van der Waals surface area contributed by atoms with Crippen molar-refractivity contribution in [2.24, 2.45) is 0 Å². The van der Waals surface area contributed by atoms with Crippen LogP contribution in [0.15, 0.2) is 0 Å². The third kappa shape index (κ3) is 10.3. The third-order valence-corrected chi connectivity index (χ3v) is 2.98. The second-order valence-electron chi connectivity index (χ2n) is 4.81. The van der Waals surface area contributed by atoms with E-state index in [0.717, 1.165) is 12.8 Å². The Morgan fingerprint density at radius 1 is 1.06 bits per heavy atom. The lowest BCUT2D eigenvalue weighted by molar-refractivity contribution is -0.153. The number of hydrogen-bond acceptors (Lipinski definition) is 3. The molecule has 3 nitrogen and oxygen atoms in total. The normalized spacial score (nSPS) is 14.4. The molecule has 17 heavy (non-hydrogen) atoms. The lowest BCUT2D eigenvalue weighted by Gasteiger charge is -2.15. The number of rotatable bonds is 10. The molecule has 0 aliphatic heterocycles. The van der Waals surface area contributed by atoms with Gasteiger partial charge in [0.1, 0.15) is 6.10 Å². The minimum absolute atomic E-state index is 0.188. The molecular weight excluding hydrogens is 216 g/mol. The van der Waals surface area contributed by atoms with E-state index in [1.807, 2.05) is 0 Å². The van der Waals surface area contributed by atoms with E-state index in [1.54, 1.807) is 13.8 Å². The van der Waals surface area contributed by atoms with Crippen LogP contribution in [0.25, 0.3) is 0 Å². The molecule has 0 amide bonds. The Morgan fingerprint density at radius 3 is 2.12 bits per heavy atom. The zero-order valence-electron chi connectivity index (χ0n) is 11.6. The minimum Gasteiger partial charge on any atom is -0.460 e. The molecule has 0 spiro atoms. The summed E-state index contributed by atoms with van der Waals surface area (Å²) in [6, 6.07) is 0. The Kier molecular flexibility index (Phi) is 10.2. The first-order valence-corrected chi connectivity index (χ1v) is 6.95. The van der Waals surface area contributed by atoms with E-state index in [0.29, 0.717) is 6.42 Å². The molecule has 0 bridgehead atoms. The molecule has 0 aliphatic rings. The van der Waals surface area contributed by atoms with Crippen molar-refractivity contribution in [3.63, 3.8) is 0 Å². The first-order chi connectivity index (χ1) is 8.07. The summed E-state index contributed by atoms with van der Waals surface area (Å²) in [5.74, 6) is -0.188. The number of hydrogen-bond donors (Lipinski definition) is 1. The summed E-state index contributed by atoms with van der Waals surface area (Å²) in [5.41, 5.74) is 0. The number of ether oxygens (including phenoxy) is 1. The molecule has 0 aliphatic carbocycles. The van der Waals surface area contributed by atoms with Gasteiger partial charge < -0.3 is 9.84 Å². The van der Waals surface area contributed by atoms with Crippen molar-refractivity contribution in [2.75, 3.05) is 0 Å². The molecule has 0 fully saturated rings. The monoisotopic (exact) mass is 244 g/mol. The maximum absolute atomic E-state index is 11.4. The summed E-state index contributed by atoms with van der Waals surface area (Å²) in [6.07, 6.45) is 7.86. The van der Waals surface area contributed by atoms with Gasteiger partial charge in [-0.15, -0.1) is 0 Å². The minimum atomic E-state index is -0.590. The number of carbonyl (C=O) groups is 1. The summed E-state index contributed by atoms with van der Waals surface area (Å²) >= 11 is 0. The lowest BCUT2D eigenvalue weighted by Crippen LogP contribution is -2.25.